The van der Waals surface area contributed by atoms with Gasteiger partial charge in [0, 0.05) is 31.9 Å². The van der Waals surface area contributed by atoms with E-state index < -0.39 is 0 Å². The smallest absolute Gasteiger partial charge is 0.220 e. The van der Waals surface area contributed by atoms with Crippen LogP contribution in [0.1, 0.15) is 96.1 Å². The molecule has 0 aliphatic carbocycles. The average molecular weight is 404 g/mol. The molecule has 0 aromatic heterocycles. The Balaban J connectivity index is 1.96. The van der Waals surface area contributed by atoms with Crippen LogP contribution in [0.3, 0.4) is 0 Å². The van der Waals surface area contributed by atoms with Crippen molar-refractivity contribution in [3.8, 4) is 0 Å². The first-order valence-corrected chi connectivity index (χ1v) is 11.5. The molecule has 4 heteroatoms. The van der Waals surface area contributed by atoms with Gasteiger partial charge in [0.15, 0.2) is 0 Å². The molecular formula is C25H41NO3. The number of carbonyl (C=O) groups is 2. The summed E-state index contributed by atoms with van der Waals surface area (Å²) >= 11 is 0. The zero-order valence-corrected chi connectivity index (χ0v) is 18.8. The Hall–Kier alpha value is -1.68. The molecule has 29 heavy (non-hydrogen) atoms. The van der Waals surface area contributed by atoms with Crippen LogP contribution in [0.15, 0.2) is 24.3 Å². The van der Waals surface area contributed by atoms with Crippen LogP contribution >= 0.6 is 0 Å². The van der Waals surface area contributed by atoms with Crippen LogP contribution < -0.4 is 5.32 Å². The topological polar surface area (TPSA) is 55.4 Å². The molecule has 0 fully saturated rings. The van der Waals surface area contributed by atoms with E-state index in [0.29, 0.717) is 25.4 Å². The van der Waals surface area contributed by atoms with E-state index in [9.17, 15) is 9.59 Å². The molecular weight excluding hydrogens is 362 g/mol. The fourth-order valence-electron chi connectivity index (χ4n) is 3.20. The minimum atomic E-state index is 0.137. The lowest BCUT2D eigenvalue weighted by molar-refractivity contribution is -0.122. The summed E-state index contributed by atoms with van der Waals surface area (Å²) in [5, 5.41) is 3.01. The molecule has 1 amide bonds. The number of carbonyl (C=O) groups excluding carboxylic acids is 2. The van der Waals surface area contributed by atoms with Crippen LogP contribution in [-0.2, 0) is 27.5 Å². The summed E-state index contributed by atoms with van der Waals surface area (Å²) in [6.07, 6.45) is 10.5. The first-order valence-electron chi connectivity index (χ1n) is 11.5. The van der Waals surface area contributed by atoms with E-state index in [1.165, 1.54) is 25.7 Å². The molecule has 1 aromatic rings. The molecule has 0 aliphatic rings. The van der Waals surface area contributed by atoms with Gasteiger partial charge in [0.25, 0.3) is 0 Å². The SMILES string of the molecule is CCOCc1ccc(CNC(=O)CCCCCCCCCCC(=O)C(C)C)cc1. The molecule has 0 heterocycles. The number of rotatable bonds is 17. The highest BCUT2D eigenvalue weighted by atomic mass is 16.5. The number of unbranched alkanes of at least 4 members (excludes halogenated alkanes) is 7. The standard InChI is InChI=1S/C25H41NO3/c1-4-29-20-23-17-15-22(16-18-23)19-26-25(28)14-12-10-8-6-5-7-9-11-13-24(27)21(2)3/h15-18,21H,4-14,19-20H2,1-3H3,(H,26,28). The maximum atomic E-state index is 12.0. The van der Waals surface area contributed by atoms with E-state index in [4.69, 9.17) is 4.74 Å². The summed E-state index contributed by atoms with van der Waals surface area (Å²) in [4.78, 5) is 23.5. The number of benzene rings is 1. The predicted octanol–water partition coefficient (Wildman–Crippen LogP) is 5.97. The second-order valence-corrected chi connectivity index (χ2v) is 8.18. The number of hydrogen-bond acceptors (Lipinski definition) is 3. The molecule has 1 rings (SSSR count). The number of amides is 1. The van der Waals surface area contributed by atoms with Crippen molar-refractivity contribution in [2.45, 2.75) is 98.1 Å². The molecule has 0 atom stereocenters. The van der Waals surface area contributed by atoms with Crippen molar-refractivity contribution in [2.75, 3.05) is 6.61 Å². The van der Waals surface area contributed by atoms with Crippen LogP contribution in [0.2, 0.25) is 0 Å². The van der Waals surface area contributed by atoms with E-state index in [1.54, 1.807) is 0 Å². The summed E-state index contributed by atoms with van der Waals surface area (Å²) in [5.41, 5.74) is 2.28. The summed E-state index contributed by atoms with van der Waals surface area (Å²) in [5.74, 6) is 0.707. The first kappa shape index (κ1) is 25.4. The minimum absolute atomic E-state index is 0.137. The van der Waals surface area contributed by atoms with E-state index in [1.807, 2.05) is 32.9 Å². The van der Waals surface area contributed by atoms with Crippen molar-refractivity contribution in [3.05, 3.63) is 35.4 Å². The fraction of sp³-hybridized carbons (Fsp3) is 0.680. The Morgan fingerprint density at radius 1 is 0.828 bits per heavy atom. The van der Waals surface area contributed by atoms with Crippen molar-refractivity contribution >= 4 is 11.7 Å². The number of hydrogen-bond donors (Lipinski definition) is 1. The lowest BCUT2D eigenvalue weighted by Gasteiger charge is -2.07. The van der Waals surface area contributed by atoms with Crippen LogP contribution in [0.25, 0.3) is 0 Å². The van der Waals surface area contributed by atoms with Gasteiger partial charge in [-0.15, -0.1) is 0 Å². The highest BCUT2D eigenvalue weighted by Gasteiger charge is 2.06. The fourth-order valence-corrected chi connectivity index (χ4v) is 3.20. The van der Waals surface area contributed by atoms with E-state index in [2.05, 4.69) is 17.4 Å². The number of ketones is 1. The molecule has 0 saturated carbocycles. The Morgan fingerprint density at radius 2 is 1.34 bits per heavy atom. The predicted molar refractivity (Wildman–Crippen MR) is 120 cm³/mol. The first-order chi connectivity index (χ1) is 14.0. The molecule has 0 spiro atoms. The normalized spacial score (nSPS) is 11.0. The van der Waals surface area contributed by atoms with Gasteiger partial charge in [0.2, 0.25) is 5.91 Å². The zero-order valence-electron chi connectivity index (χ0n) is 18.8. The van der Waals surface area contributed by atoms with Gasteiger partial charge in [0.1, 0.15) is 5.78 Å². The second kappa shape index (κ2) is 16.2. The molecule has 0 unspecified atom stereocenters. The summed E-state index contributed by atoms with van der Waals surface area (Å²) in [7, 11) is 0. The molecule has 1 N–H and O–H groups in total. The largest absolute Gasteiger partial charge is 0.377 e. The Kier molecular flexibility index (Phi) is 14.1. The van der Waals surface area contributed by atoms with Crippen molar-refractivity contribution in [1.29, 1.82) is 0 Å². The van der Waals surface area contributed by atoms with Crippen molar-refractivity contribution in [3.63, 3.8) is 0 Å². The molecule has 1 aromatic carbocycles. The van der Waals surface area contributed by atoms with Gasteiger partial charge in [-0.05, 0) is 30.9 Å². The average Bonchev–Trinajstić information content (AvgIpc) is 2.72. The van der Waals surface area contributed by atoms with Crippen molar-refractivity contribution < 1.29 is 14.3 Å². The van der Waals surface area contributed by atoms with Crippen molar-refractivity contribution in [1.82, 2.24) is 5.32 Å². The van der Waals surface area contributed by atoms with Gasteiger partial charge in [-0.2, -0.15) is 0 Å². The van der Waals surface area contributed by atoms with E-state index >= 15 is 0 Å². The van der Waals surface area contributed by atoms with Gasteiger partial charge in [-0.1, -0.05) is 76.6 Å². The zero-order chi connectivity index (χ0) is 21.3. The lowest BCUT2D eigenvalue weighted by atomic mass is 10.0. The highest BCUT2D eigenvalue weighted by Crippen LogP contribution is 2.12. The maximum Gasteiger partial charge on any atom is 0.220 e. The Morgan fingerprint density at radius 3 is 1.90 bits per heavy atom. The molecule has 0 saturated heterocycles. The molecule has 0 aliphatic heterocycles. The lowest BCUT2D eigenvalue weighted by Crippen LogP contribution is -2.22. The van der Waals surface area contributed by atoms with E-state index in [-0.39, 0.29) is 11.8 Å². The van der Waals surface area contributed by atoms with E-state index in [0.717, 1.165) is 49.8 Å². The molecule has 4 nitrogen and oxygen atoms in total. The molecule has 164 valence electrons. The Labute approximate surface area is 177 Å². The van der Waals surface area contributed by atoms with Gasteiger partial charge in [0.05, 0.1) is 6.61 Å². The number of ether oxygens (including phenoxy) is 1. The third kappa shape index (κ3) is 13.2. The second-order valence-electron chi connectivity index (χ2n) is 8.18. The van der Waals surface area contributed by atoms with Gasteiger partial charge in [-0.25, -0.2) is 0 Å². The van der Waals surface area contributed by atoms with Crippen molar-refractivity contribution in [2.24, 2.45) is 5.92 Å². The van der Waals surface area contributed by atoms with Crippen LogP contribution in [0.5, 0.6) is 0 Å². The summed E-state index contributed by atoms with van der Waals surface area (Å²) in [6.45, 7) is 7.89. The molecule has 0 bridgehead atoms. The van der Waals surface area contributed by atoms with Crippen LogP contribution in [0, 0.1) is 5.92 Å². The molecule has 0 radical (unpaired) electrons. The number of nitrogens with one attached hydrogen (secondary N) is 1. The van der Waals surface area contributed by atoms with Crippen LogP contribution in [0.4, 0.5) is 0 Å². The van der Waals surface area contributed by atoms with Gasteiger partial charge >= 0.3 is 0 Å². The third-order valence-electron chi connectivity index (χ3n) is 5.21. The van der Waals surface area contributed by atoms with Crippen LogP contribution in [-0.4, -0.2) is 18.3 Å². The third-order valence-corrected chi connectivity index (χ3v) is 5.21. The summed E-state index contributed by atoms with van der Waals surface area (Å²) in [6, 6.07) is 8.21. The van der Waals surface area contributed by atoms with Gasteiger partial charge in [-0.3, -0.25) is 9.59 Å². The number of Topliss-reactive ketones (excluding diaryl/α,β-unsaturated/α-hetero) is 1. The maximum absolute atomic E-state index is 12.0. The Bertz CT molecular complexity index is 566. The highest BCUT2D eigenvalue weighted by molar-refractivity contribution is 5.80. The van der Waals surface area contributed by atoms with Gasteiger partial charge < -0.3 is 10.1 Å². The summed E-state index contributed by atoms with van der Waals surface area (Å²) < 4.78 is 5.39. The minimum Gasteiger partial charge on any atom is -0.377 e. The quantitative estimate of drug-likeness (QED) is 0.326. The monoisotopic (exact) mass is 403 g/mol.